The molecule has 0 saturated heterocycles. The van der Waals surface area contributed by atoms with Gasteiger partial charge >= 0.3 is 0 Å². The number of amides is 1. The lowest BCUT2D eigenvalue weighted by atomic mass is 10.0. The molecule has 21 heavy (non-hydrogen) atoms. The molecular formula is C16H25NO4. The minimum atomic E-state index is -0.218. The molecule has 0 aromatic heterocycles. The maximum Gasteiger partial charge on any atom is 0.258 e. The highest BCUT2D eigenvalue weighted by atomic mass is 16.5. The second-order valence-corrected chi connectivity index (χ2v) is 5.21. The standard InChI is InChI=1S/C16H25NO4/c1-12(2)14-6-4-5-7-15(14)21-11-16(19)17-13(8-9-18)10-20-3/h4-7,12-13,18H,8-11H2,1-3H3,(H,17,19). The van der Waals surface area contributed by atoms with Crippen LogP contribution >= 0.6 is 0 Å². The molecule has 1 atom stereocenters. The van der Waals surface area contributed by atoms with Crippen molar-refractivity contribution in [1.82, 2.24) is 5.32 Å². The molecule has 5 heteroatoms. The van der Waals surface area contributed by atoms with Crippen molar-refractivity contribution in [3.05, 3.63) is 29.8 Å². The molecule has 0 radical (unpaired) electrons. The zero-order chi connectivity index (χ0) is 15.7. The third-order valence-electron chi connectivity index (χ3n) is 3.11. The Balaban J connectivity index is 2.52. The van der Waals surface area contributed by atoms with Gasteiger partial charge in [-0.25, -0.2) is 0 Å². The van der Waals surface area contributed by atoms with Gasteiger partial charge in [0.2, 0.25) is 0 Å². The van der Waals surface area contributed by atoms with Crippen molar-refractivity contribution < 1.29 is 19.4 Å². The molecule has 1 rings (SSSR count). The number of hydrogen-bond acceptors (Lipinski definition) is 4. The van der Waals surface area contributed by atoms with Crippen molar-refractivity contribution >= 4 is 5.91 Å². The van der Waals surface area contributed by atoms with E-state index >= 15 is 0 Å². The number of aliphatic hydroxyl groups excluding tert-OH is 1. The molecule has 1 unspecified atom stereocenters. The molecule has 1 aromatic rings. The van der Waals surface area contributed by atoms with Crippen LogP contribution in [0.1, 0.15) is 31.7 Å². The Bertz CT molecular complexity index is 428. The van der Waals surface area contributed by atoms with E-state index in [9.17, 15) is 4.79 Å². The van der Waals surface area contributed by atoms with E-state index in [0.29, 0.717) is 18.9 Å². The maximum atomic E-state index is 11.9. The number of para-hydroxylation sites is 1. The molecule has 0 spiro atoms. The van der Waals surface area contributed by atoms with Crippen molar-refractivity contribution in [3.63, 3.8) is 0 Å². The smallest absolute Gasteiger partial charge is 0.258 e. The van der Waals surface area contributed by atoms with E-state index in [1.807, 2.05) is 24.3 Å². The van der Waals surface area contributed by atoms with Crippen molar-refractivity contribution in [2.45, 2.75) is 32.2 Å². The fraction of sp³-hybridized carbons (Fsp3) is 0.562. The number of aliphatic hydroxyl groups is 1. The lowest BCUT2D eigenvalue weighted by molar-refractivity contribution is -0.124. The second kappa shape index (κ2) is 9.37. The average Bonchev–Trinajstić information content (AvgIpc) is 2.46. The molecule has 0 aliphatic heterocycles. The predicted molar refractivity (Wildman–Crippen MR) is 81.5 cm³/mol. The number of hydrogen-bond donors (Lipinski definition) is 2. The van der Waals surface area contributed by atoms with Crippen LogP contribution < -0.4 is 10.1 Å². The van der Waals surface area contributed by atoms with Gasteiger partial charge in [0.15, 0.2) is 6.61 Å². The number of benzene rings is 1. The topological polar surface area (TPSA) is 67.8 Å². The largest absolute Gasteiger partial charge is 0.483 e. The van der Waals surface area contributed by atoms with Crippen LogP contribution in [0.4, 0.5) is 0 Å². The molecule has 0 aliphatic carbocycles. The van der Waals surface area contributed by atoms with E-state index in [1.165, 1.54) is 0 Å². The first kappa shape index (κ1) is 17.5. The summed E-state index contributed by atoms with van der Waals surface area (Å²) in [5.74, 6) is 0.844. The first-order valence-corrected chi connectivity index (χ1v) is 7.19. The van der Waals surface area contributed by atoms with E-state index < -0.39 is 0 Å². The van der Waals surface area contributed by atoms with Crippen LogP contribution in [0.5, 0.6) is 5.75 Å². The number of carbonyl (C=O) groups excluding carboxylic acids is 1. The van der Waals surface area contributed by atoms with Gasteiger partial charge < -0.3 is 19.9 Å². The van der Waals surface area contributed by atoms with Gasteiger partial charge in [0.05, 0.1) is 12.6 Å². The van der Waals surface area contributed by atoms with Crippen molar-refractivity contribution in [2.24, 2.45) is 0 Å². The van der Waals surface area contributed by atoms with Gasteiger partial charge in [0, 0.05) is 13.7 Å². The van der Waals surface area contributed by atoms with Crippen LogP contribution in [0.15, 0.2) is 24.3 Å². The minimum Gasteiger partial charge on any atom is -0.483 e. The predicted octanol–water partition coefficient (Wildman–Crippen LogP) is 1.70. The third kappa shape index (κ3) is 6.14. The molecule has 118 valence electrons. The van der Waals surface area contributed by atoms with Gasteiger partial charge in [-0.15, -0.1) is 0 Å². The Morgan fingerprint density at radius 3 is 2.67 bits per heavy atom. The number of carbonyl (C=O) groups is 1. The summed E-state index contributed by atoms with van der Waals surface area (Å²) in [4.78, 5) is 11.9. The van der Waals surface area contributed by atoms with Gasteiger partial charge in [-0.1, -0.05) is 32.0 Å². The van der Waals surface area contributed by atoms with Crippen LogP contribution in [-0.4, -0.2) is 44.0 Å². The summed E-state index contributed by atoms with van der Waals surface area (Å²) in [5, 5.41) is 11.7. The zero-order valence-electron chi connectivity index (χ0n) is 13.0. The zero-order valence-corrected chi connectivity index (χ0v) is 13.0. The summed E-state index contributed by atoms with van der Waals surface area (Å²) >= 11 is 0. The molecule has 0 aliphatic rings. The van der Waals surface area contributed by atoms with Crippen LogP contribution in [0.2, 0.25) is 0 Å². The highest BCUT2D eigenvalue weighted by molar-refractivity contribution is 5.77. The fourth-order valence-corrected chi connectivity index (χ4v) is 2.06. The van der Waals surface area contributed by atoms with E-state index in [1.54, 1.807) is 7.11 Å². The summed E-state index contributed by atoms with van der Waals surface area (Å²) in [7, 11) is 1.56. The van der Waals surface area contributed by atoms with Crippen LogP contribution in [0.3, 0.4) is 0 Å². The van der Waals surface area contributed by atoms with E-state index in [-0.39, 0.29) is 25.2 Å². The monoisotopic (exact) mass is 295 g/mol. The summed E-state index contributed by atoms with van der Waals surface area (Å²) in [6.07, 6.45) is 0.460. The van der Waals surface area contributed by atoms with Gasteiger partial charge in [-0.05, 0) is 24.0 Å². The Kier molecular flexibility index (Phi) is 7.79. The molecule has 0 heterocycles. The molecule has 1 aromatic carbocycles. The first-order valence-electron chi connectivity index (χ1n) is 7.19. The fourth-order valence-electron chi connectivity index (χ4n) is 2.06. The molecule has 2 N–H and O–H groups in total. The molecule has 0 bridgehead atoms. The van der Waals surface area contributed by atoms with E-state index in [4.69, 9.17) is 14.6 Å². The second-order valence-electron chi connectivity index (χ2n) is 5.21. The van der Waals surface area contributed by atoms with Crippen LogP contribution in [0.25, 0.3) is 0 Å². The van der Waals surface area contributed by atoms with Crippen LogP contribution in [0, 0.1) is 0 Å². The lowest BCUT2D eigenvalue weighted by Gasteiger charge is -2.18. The van der Waals surface area contributed by atoms with E-state index in [0.717, 1.165) is 11.3 Å². The molecule has 5 nitrogen and oxygen atoms in total. The molecule has 1 amide bonds. The Morgan fingerprint density at radius 1 is 1.33 bits per heavy atom. The van der Waals surface area contributed by atoms with Crippen LogP contribution in [-0.2, 0) is 9.53 Å². The van der Waals surface area contributed by atoms with Gasteiger partial charge in [0.25, 0.3) is 5.91 Å². The summed E-state index contributed by atoms with van der Waals surface area (Å²) in [5.41, 5.74) is 1.08. The summed E-state index contributed by atoms with van der Waals surface area (Å²) in [6, 6.07) is 7.51. The number of ether oxygens (including phenoxy) is 2. The van der Waals surface area contributed by atoms with Gasteiger partial charge in [0.1, 0.15) is 5.75 Å². The van der Waals surface area contributed by atoms with Gasteiger partial charge in [-0.3, -0.25) is 4.79 Å². The Labute approximate surface area is 126 Å². The highest BCUT2D eigenvalue weighted by Crippen LogP contribution is 2.25. The number of rotatable bonds is 9. The first-order chi connectivity index (χ1) is 10.1. The van der Waals surface area contributed by atoms with Crippen molar-refractivity contribution in [3.8, 4) is 5.75 Å². The minimum absolute atomic E-state index is 0.00530. The highest BCUT2D eigenvalue weighted by Gasteiger charge is 2.13. The summed E-state index contributed by atoms with van der Waals surface area (Å²) < 4.78 is 10.6. The van der Waals surface area contributed by atoms with Gasteiger partial charge in [-0.2, -0.15) is 0 Å². The SMILES string of the molecule is COCC(CCO)NC(=O)COc1ccccc1C(C)C. The third-order valence-corrected chi connectivity index (χ3v) is 3.11. The lowest BCUT2D eigenvalue weighted by Crippen LogP contribution is -2.41. The number of nitrogens with one attached hydrogen (secondary N) is 1. The average molecular weight is 295 g/mol. The quantitative estimate of drug-likeness (QED) is 0.727. The number of methoxy groups -OCH3 is 1. The Morgan fingerprint density at radius 2 is 2.05 bits per heavy atom. The van der Waals surface area contributed by atoms with Crippen molar-refractivity contribution in [1.29, 1.82) is 0 Å². The van der Waals surface area contributed by atoms with E-state index in [2.05, 4.69) is 19.2 Å². The normalized spacial score (nSPS) is 12.2. The Hall–Kier alpha value is -1.59. The van der Waals surface area contributed by atoms with Crippen molar-refractivity contribution in [2.75, 3.05) is 26.9 Å². The molecular weight excluding hydrogens is 270 g/mol. The summed E-state index contributed by atoms with van der Waals surface area (Å²) in [6.45, 7) is 4.49. The molecule has 0 fully saturated rings. The maximum absolute atomic E-state index is 11.9. The molecule has 0 saturated carbocycles.